The summed E-state index contributed by atoms with van der Waals surface area (Å²) in [6, 6.07) is 10.8. The maximum Gasteiger partial charge on any atom is 0.154 e. The number of rotatable bonds is 2. The first kappa shape index (κ1) is 13.1. The first-order valence-electron chi connectivity index (χ1n) is 7.92. The van der Waals surface area contributed by atoms with E-state index >= 15 is 0 Å². The molecule has 1 aromatic rings. The predicted molar refractivity (Wildman–Crippen MR) is 76.8 cm³/mol. The van der Waals surface area contributed by atoms with E-state index < -0.39 is 0 Å². The van der Waals surface area contributed by atoms with Crippen molar-refractivity contribution in [1.82, 2.24) is 0 Å². The van der Waals surface area contributed by atoms with Gasteiger partial charge in [-0.2, -0.15) is 4.65 Å². The average Bonchev–Trinajstić information content (AvgIpc) is 2.49. The van der Waals surface area contributed by atoms with E-state index in [1.165, 1.54) is 44.1 Å². The topological polar surface area (TPSA) is 20.2 Å². The molecule has 1 saturated heterocycles. The molecule has 1 aromatic carbocycles. The van der Waals surface area contributed by atoms with Gasteiger partial charge in [-0.3, -0.25) is 0 Å². The first-order valence-corrected chi connectivity index (χ1v) is 7.92. The van der Waals surface area contributed by atoms with E-state index in [0.29, 0.717) is 4.65 Å². The van der Waals surface area contributed by atoms with Gasteiger partial charge in [-0.25, -0.2) is 5.21 Å². The summed E-state index contributed by atoms with van der Waals surface area (Å²) in [5, 5.41) is 11.3. The molecule has 1 aliphatic heterocycles. The molecule has 104 valence electrons. The Kier molecular flexibility index (Phi) is 3.64. The smallest absolute Gasteiger partial charge is 0.154 e. The third kappa shape index (κ3) is 2.21. The molecule has 0 atom stereocenters. The van der Waals surface area contributed by atoms with Gasteiger partial charge in [-0.15, -0.1) is 0 Å². The number of piperidine rings is 1. The van der Waals surface area contributed by atoms with Crippen LogP contribution in [-0.2, 0) is 5.54 Å². The van der Waals surface area contributed by atoms with Crippen LogP contribution in [0.1, 0.15) is 56.9 Å². The molecular weight excluding hydrogens is 234 g/mol. The van der Waals surface area contributed by atoms with E-state index in [4.69, 9.17) is 0 Å². The standard InChI is InChI=1S/C17H26NO/c19-18(14-8-3-9-15-18)17(12-6-2-7-13-17)16-10-4-1-5-11-16/h1,4-5,10-11,19H,2-3,6-9,12-15H2/q+1. The highest BCUT2D eigenvalue weighted by Crippen LogP contribution is 2.47. The van der Waals surface area contributed by atoms with E-state index in [1.807, 2.05) is 0 Å². The zero-order valence-corrected chi connectivity index (χ0v) is 11.9. The highest BCUT2D eigenvalue weighted by atomic mass is 16.6. The third-order valence-electron chi connectivity index (χ3n) is 5.34. The van der Waals surface area contributed by atoms with Gasteiger partial charge in [-0.05, 0) is 32.1 Å². The number of likely N-dealkylation sites (tertiary alicyclic amines) is 1. The summed E-state index contributed by atoms with van der Waals surface area (Å²) >= 11 is 0. The Bertz CT molecular complexity index is 403. The van der Waals surface area contributed by atoms with Crippen molar-refractivity contribution < 1.29 is 9.85 Å². The lowest BCUT2D eigenvalue weighted by Gasteiger charge is -2.51. The largest absolute Gasteiger partial charge is 0.216 e. The summed E-state index contributed by atoms with van der Waals surface area (Å²) in [4.78, 5) is 0. The highest BCUT2D eigenvalue weighted by Gasteiger charge is 2.53. The van der Waals surface area contributed by atoms with Gasteiger partial charge in [0.25, 0.3) is 0 Å². The molecule has 2 heteroatoms. The van der Waals surface area contributed by atoms with Crippen LogP contribution in [-0.4, -0.2) is 22.9 Å². The lowest BCUT2D eigenvalue weighted by Crippen LogP contribution is -2.63. The molecule has 2 aliphatic rings. The fourth-order valence-electron chi connectivity index (χ4n) is 4.29. The van der Waals surface area contributed by atoms with Crippen molar-refractivity contribution in [2.45, 2.75) is 56.9 Å². The maximum atomic E-state index is 11.3. The van der Waals surface area contributed by atoms with Crippen molar-refractivity contribution in [3.05, 3.63) is 35.9 Å². The number of hydrogen-bond acceptors (Lipinski definition) is 1. The lowest BCUT2D eigenvalue weighted by molar-refractivity contribution is -1.15. The van der Waals surface area contributed by atoms with E-state index in [-0.39, 0.29) is 5.54 Å². The molecule has 0 radical (unpaired) electrons. The fourth-order valence-corrected chi connectivity index (χ4v) is 4.29. The van der Waals surface area contributed by atoms with Crippen molar-refractivity contribution in [3.8, 4) is 0 Å². The van der Waals surface area contributed by atoms with Crippen LogP contribution < -0.4 is 0 Å². The molecule has 1 saturated carbocycles. The Labute approximate surface area is 116 Å². The third-order valence-corrected chi connectivity index (χ3v) is 5.34. The average molecular weight is 260 g/mol. The minimum atomic E-state index is -0.0278. The van der Waals surface area contributed by atoms with Crippen molar-refractivity contribution in [2.75, 3.05) is 13.1 Å². The molecule has 0 bridgehead atoms. The SMILES string of the molecule is O[N+]1(C2(c3ccccc3)CCCCC2)CCCCC1. The molecule has 0 aromatic heterocycles. The minimum Gasteiger partial charge on any atom is -0.216 e. The van der Waals surface area contributed by atoms with Crippen LogP contribution in [0, 0.1) is 0 Å². The summed E-state index contributed by atoms with van der Waals surface area (Å²) < 4.78 is 0.303. The van der Waals surface area contributed by atoms with Gasteiger partial charge in [0.15, 0.2) is 5.54 Å². The van der Waals surface area contributed by atoms with Crippen LogP contribution in [0.3, 0.4) is 0 Å². The zero-order chi connectivity index (χ0) is 13.2. The maximum absolute atomic E-state index is 11.3. The molecule has 2 fully saturated rings. The predicted octanol–water partition coefficient (Wildman–Crippen LogP) is 4.24. The van der Waals surface area contributed by atoms with Gasteiger partial charge in [0.2, 0.25) is 0 Å². The Balaban J connectivity index is 2.01. The normalized spacial score (nSPS) is 25.9. The van der Waals surface area contributed by atoms with Crippen LogP contribution in [0.2, 0.25) is 0 Å². The Morgan fingerprint density at radius 1 is 0.789 bits per heavy atom. The molecule has 1 heterocycles. The second-order valence-corrected chi connectivity index (χ2v) is 6.39. The lowest BCUT2D eigenvalue weighted by atomic mass is 9.74. The number of nitrogens with zero attached hydrogens (tertiary/aromatic N) is 1. The van der Waals surface area contributed by atoms with Crippen molar-refractivity contribution in [2.24, 2.45) is 0 Å². The molecule has 1 N–H and O–H groups in total. The van der Waals surface area contributed by atoms with Crippen LogP contribution in [0.15, 0.2) is 30.3 Å². The van der Waals surface area contributed by atoms with E-state index in [1.54, 1.807) is 0 Å². The minimum absolute atomic E-state index is 0.0278. The number of quaternary nitrogens is 1. The van der Waals surface area contributed by atoms with Crippen molar-refractivity contribution >= 4 is 0 Å². The summed E-state index contributed by atoms with van der Waals surface area (Å²) in [7, 11) is 0. The molecule has 19 heavy (non-hydrogen) atoms. The second kappa shape index (κ2) is 5.26. The second-order valence-electron chi connectivity index (χ2n) is 6.39. The summed E-state index contributed by atoms with van der Waals surface area (Å²) in [6.45, 7) is 1.88. The Morgan fingerprint density at radius 2 is 1.37 bits per heavy atom. The van der Waals surface area contributed by atoms with Crippen molar-refractivity contribution in [3.63, 3.8) is 0 Å². The number of benzene rings is 1. The van der Waals surface area contributed by atoms with Gasteiger partial charge in [0.05, 0.1) is 0 Å². The number of hydrogen-bond donors (Lipinski definition) is 1. The molecule has 3 rings (SSSR count). The van der Waals surface area contributed by atoms with Gasteiger partial charge in [-0.1, -0.05) is 36.8 Å². The van der Waals surface area contributed by atoms with E-state index in [9.17, 15) is 5.21 Å². The van der Waals surface area contributed by atoms with Gasteiger partial charge in [0, 0.05) is 18.4 Å². The van der Waals surface area contributed by atoms with E-state index in [2.05, 4.69) is 30.3 Å². The van der Waals surface area contributed by atoms with Crippen LogP contribution in [0.5, 0.6) is 0 Å². The molecule has 2 nitrogen and oxygen atoms in total. The Hall–Kier alpha value is -0.860. The summed E-state index contributed by atoms with van der Waals surface area (Å²) in [6.07, 6.45) is 9.77. The molecule has 0 amide bonds. The summed E-state index contributed by atoms with van der Waals surface area (Å²) in [5.41, 5.74) is 1.33. The van der Waals surface area contributed by atoms with Crippen LogP contribution in [0.4, 0.5) is 0 Å². The van der Waals surface area contributed by atoms with E-state index in [0.717, 1.165) is 25.9 Å². The van der Waals surface area contributed by atoms with Gasteiger partial charge >= 0.3 is 0 Å². The summed E-state index contributed by atoms with van der Waals surface area (Å²) in [5.74, 6) is 0. The number of hydroxylamine groups is 3. The zero-order valence-electron chi connectivity index (χ0n) is 11.9. The molecule has 0 unspecified atom stereocenters. The molecule has 1 aliphatic carbocycles. The van der Waals surface area contributed by atoms with Crippen LogP contribution in [0.25, 0.3) is 0 Å². The highest BCUT2D eigenvalue weighted by molar-refractivity contribution is 5.23. The molecule has 0 spiro atoms. The first-order chi connectivity index (χ1) is 9.27. The van der Waals surface area contributed by atoms with Crippen LogP contribution >= 0.6 is 0 Å². The fraction of sp³-hybridized carbons (Fsp3) is 0.647. The quantitative estimate of drug-likeness (QED) is 0.789. The Morgan fingerprint density at radius 3 is 2.00 bits per heavy atom. The monoisotopic (exact) mass is 260 g/mol. The van der Waals surface area contributed by atoms with Gasteiger partial charge < -0.3 is 0 Å². The van der Waals surface area contributed by atoms with Crippen molar-refractivity contribution in [1.29, 1.82) is 0 Å². The van der Waals surface area contributed by atoms with Gasteiger partial charge in [0.1, 0.15) is 13.1 Å². The molecular formula is C17H26NO+.